The van der Waals surface area contributed by atoms with E-state index in [0.29, 0.717) is 0 Å². The first kappa shape index (κ1) is 10.2. The van der Waals surface area contributed by atoms with E-state index in [0.717, 1.165) is 24.3 Å². The molecule has 1 heterocycles. The van der Waals surface area contributed by atoms with Crippen molar-refractivity contribution in [1.82, 2.24) is 0 Å². The lowest BCUT2D eigenvalue weighted by atomic mass is 10.1. The molecule has 0 unspecified atom stereocenters. The van der Waals surface area contributed by atoms with Crippen LogP contribution >= 0.6 is 22.4 Å². The second kappa shape index (κ2) is 4.40. The molecule has 68 valence electrons. The molecule has 0 aromatic rings. The molecule has 1 aliphatic heterocycles. The van der Waals surface area contributed by atoms with Crippen LogP contribution in [0.4, 0.5) is 0 Å². The number of hydrogen-bond acceptors (Lipinski definition) is 3. The van der Waals surface area contributed by atoms with Crippen LogP contribution in [0.25, 0.3) is 0 Å². The molecule has 0 radical (unpaired) electrons. The number of thioether (sulfide) groups is 1. The fraction of sp³-hybridized carbons (Fsp3) is 0.714. The highest BCUT2D eigenvalue weighted by molar-refractivity contribution is 8.17. The van der Waals surface area contributed by atoms with E-state index in [9.17, 15) is 8.42 Å². The van der Waals surface area contributed by atoms with E-state index in [1.54, 1.807) is 0 Å². The molecule has 0 aliphatic carbocycles. The van der Waals surface area contributed by atoms with Crippen LogP contribution in [0.15, 0.2) is 0 Å². The molecule has 1 fully saturated rings. The van der Waals surface area contributed by atoms with Crippen molar-refractivity contribution in [1.29, 1.82) is 0 Å². The number of halogens is 1. The largest absolute Gasteiger partial charge is 0.300 e. The molecule has 0 N–H and O–H groups in total. The zero-order chi connectivity index (χ0) is 9.03. The lowest BCUT2D eigenvalue weighted by Crippen LogP contribution is -2.07. The summed E-state index contributed by atoms with van der Waals surface area (Å²) < 4.78 is 20.9. The molecule has 5 heteroatoms. The van der Waals surface area contributed by atoms with E-state index in [1.807, 2.05) is 11.8 Å². The minimum absolute atomic E-state index is 0.222. The van der Waals surface area contributed by atoms with Gasteiger partial charge in [0, 0.05) is 21.9 Å². The summed E-state index contributed by atoms with van der Waals surface area (Å²) in [5, 5.41) is 2.07. The molecule has 0 atom stereocenters. The molecule has 1 saturated heterocycles. The molecule has 12 heavy (non-hydrogen) atoms. The quantitative estimate of drug-likeness (QED) is 0.464. The Bertz CT molecular complexity index is 293. The normalized spacial score (nSPS) is 19.8. The topological polar surface area (TPSA) is 34.1 Å². The standard InChI is InChI=1S/C7H9ClO2S2/c8-12(9,10)6-3-7-1-4-11-5-2-7/h7H,1-2,4-5H2. The van der Waals surface area contributed by atoms with Crippen molar-refractivity contribution in [3.63, 3.8) is 0 Å². The van der Waals surface area contributed by atoms with E-state index >= 15 is 0 Å². The van der Waals surface area contributed by atoms with Crippen LogP contribution in [0.3, 0.4) is 0 Å². The van der Waals surface area contributed by atoms with Crippen LogP contribution in [-0.4, -0.2) is 19.9 Å². The summed E-state index contributed by atoms with van der Waals surface area (Å²) in [6.07, 6.45) is 1.95. The Balaban J connectivity index is 2.53. The molecule has 0 amide bonds. The van der Waals surface area contributed by atoms with E-state index in [2.05, 4.69) is 11.2 Å². The van der Waals surface area contributed by atoms with Gasteiger partial charge in [0.1, 0.15) is 0 Å². The van der Waals surface area contributed by atoms with Crippen LogP contribution in [0.1, 0.15) is 12.8 Å². The Labute approximate surface area is 81.5 Å². The Hall–Kier alpha value is 0.150. The van der Waals surface area contributed by atoms with Gasteiger partial charge in [-0.2, -0.15) is 20.2 Å². The maximum Gasteiger partial charge on any atom is 0.300 e. The van der Waals surface area contributed by atoms with E-state index in [1.165, 1.54) is 0 Å². The molecule has 0 aromatic carbocycles. The maximum atomic E-state index is 10.5. The van der Waals surface area contributed by atoms with Crippen molar-refractivity contribution in [2.75, 3.05) is 11.5 Å². The summed E-state index contributed by atoms with van der Waals surface area (Å²) in [6, 6.07) is 0. The molecular weight excluding hydrogens is 216 g/mol. The maximum absolute atomic E-state index is 10.5. The zero-order valence-corrected chi connectivity index (χ0v) is 8.81. The van der Waals surface area contributed by atoms with Gasteiger partial charge in [0.25, 0.3) is 0 Å². The van der Waals surface area contributed by atoms with Gasteiger partial charge in [-0.25, -0.2) is 0 Å². The first-order valence-electron chi connectivity index (χ1n) is 3.62. The third kappa shape index (κ3) is 4.24. The second-order valence-electron chi connectivity index (χ2n) is 2.57. The monoisotopic (exact) mass is 224 g/mol. The van der Waals surface area contributed by atoms with Crippen LogP contribution in [0, 0.1) is 17.1 Å². The molecule has 0 aromatic heterocycles. The average molecular weight is 225 g/mol. The zero-order valence-electron chi connectivity index (χ0n) is 6.42. The van der Waals surface area contributed by atoms with E-state index in [4.69, 9.17) is 10.7 Å². The smallest absolute Gasteiger partial charge is 0.198 e. The highest BCUT2D eigenvalue weighted by atomic mass is 35.7. The van der Waals surface area contributed by atoms with Gasteiger partial charge in [-0.05, 0) is 24.3 Å². The summed E-state index contributed by atoms with van der Waals surface area (Å²) in [4.78, 5) is 0. The molecule has 1 rings (SSSR count). The minimum atomic E-state index is -3.62. The van der Waals surface area contributed by atoms with Crippen molar-refractivity contribution in [2.45, 2.75) is 12.8 Å². The summed E-state index contributed by atoms with van der Waals surface area (Å²) in [5.74, 6) is 5.04. The van der Waals surface area contributed by atoms with Crippen molar-refractivity contribution in [3.8, 4) is 11.2 Å². The van der Waals surface area contributed by atoms with Gasteiger partial charge >= 0.3 is 9.05 Å². The summed E-state index contributed by atoms with van der Waals surface area (Å²) in [6.45, 7) is 0. The van der Waals surface area contributed by atoms with Crippen LogP contribution < -0.4 is 0 Å². The Kier molecular flexibility index (Phi) is 3.76. The van der Waals surface area contributed by atoms with Gasteiger partial charge in [-0.3, -0.25) is 0 Å². The highest BCUT2D eigenvalue weighted by Gasteiger charge is 2.11. The fourth-order valence-electron chi connectivity index (χ4n) is 0.996. The van der Waals surface area contributed by atoms with Gasteiger partial charge in [0.15, 0.2) is 0 Å². The lowest BCUT2D eigenvalue weighted by Gasteiger charge is -2.14. The van der Waals surface area contributed by atoms with Gasteiger partial charge in [-0.15, -0.1) is 0 Å². The van der Waals surface area contributed by atoms with Gasteiger partial charge < -0.3 is 0 Å². The van der Waals surface area contributed by atoms with E-state index < -0.39 is 9.05 Å². The number of hydrogen-bond donors (Lipinski definition) is 0. The average Bonchev–Trinajstić information content (AvgIpc) is 2.02. The SMILES string of the molecule is O=S(=O)(Cl)C#CC1CCSCC1. The molecule has 0 spiro atoms. The Morgan fingerprint density at radius 3 is 2.42 bits per heavy atom. The third-order valence-corrected chi connectivity index (χ3v) is 3.25. The van der Waals surface area contributed by atoms with Gasteiger partial charge in [-0.1, -0.05) is 5.92 Å². The first-order valence-corrected chi connectivity index (χ1v) is 7.09. The minimum Gasteiger partial charge on any atom is -0.198 e. The summed E-state index contributed by atoms with van der Waals surface area (Å²) in [7, 11) is 1.33. The van der Waals surface area contributed by atoms with Crippen LogP contribution in [0.2, 0.25) is 0 Å². The second-order valence-corrected chi connectivity index (χ2v) is 6.09. The highest BCUT2D eigenvalue weighted by Crippen LogP contribution is 2.21. The molecule has 0 saturated carbocycles. The Morgan fingerprint density at radius 1 is 1.33 bits per heavy atom. The van der Waals surface area contributed by atoms with Crippen molar-refractivity contribution < 1.29 is 8.42 Å². The van der Waals surface area contributed by atoms with Gasteiger partial charge in [0.2, 0.25) is 0 Å². The van der Waals surface area contributed by atoms with Crippen molar-refractivity contribution in [3.05, 3.63) is 0 Å². The molecule has 2 nitrogen and oxygen atoms in total. The van der Waals surface area contributed by atoms with Crippen LogP contribution in [0.5, 0.6) is 0 Å². The summed E-state index contributed by atoms with van der Waals surface area (Å²) in [5.41, 5.74) is 0. The van der Waals surface area contributed by atoms with Gasteiger partial charge in [0.05, 0.1) is 0 Å². The molecule has 1 aliphatic rings. The fourth-order valence-corrected chi connectivity index (χ4v) is 2.54. The molecule has 0 bridgehead atoms. The summed E-state index contributed by atoms with van der Waals surface area (Å²) >= 11 is 1.88. The van der Waals surface area contributed by atoms with Crippen LogP contribution in [-0.2, 0) is 9.05 Å². The first-order chi connectivity index (χ1) is 5.58. The Morgan fingerprint density at radius 2 is 1.92 bits per heavy atom. The number of rotatable bonds is 0. The predicted octanol–water partition coefficient (Wildman–Crippen LogP) is 1.66. The van der Waals surface area contributed by atoms with E-state index in [-0.39, 0.29) is 5.92 Å². The van der Waals surface area contributed by atoms with Crippen molar-refractivity contribution >= 4 is 31.5 Å². The lowest BCUT2D eigenvalue weighted by molar-refractivity contribution is 0.615. The van der Waals surface area contributed by atoms with Crippen molar-refractivity contribution in [2.24, 2.45) is 5.92 Å². The molecular formula is C7H9ClO2S2. The predicted molar refractivity (Wildman–Crippen MR) is 52.6 cm³/mol. The third-order valence-electron chi connectivity index (χ3n) is 1.61.